The Morgan fingerprint density at radius 3 is 2.33 bits per heavy atom. The van der Waals surface area contributed by atoms with E-state index in [-0.39, 0.29) is 12.3 Å². The molecule has 5 heteroatoms. The summed E-state index contributed by atoms with van der Waals surface area (Å²) in [5.74, 6) is -1.10. The predicted molar refractivity (Wildman–Crippen MR) is 94.3 cm³/mol. The van der Waals surface area contributed by atoms with Gasteiger partial charge in [0.15, 0.2) is 0 Å². The number of nitrogens with zero attached hydrogens (tertiary/aromatic N) is 1. The molecular weight excluding hydrogens is 304 g/mol. The summed E-state index contributed by atoms with van der Waals surface area (Å²) in [6.45, 7) is 2.75. The van der Waals surface area contributed by atoms with E-state index in [1.807, 2.05) is 38.1 Å². The third kappa shape index (κ3) is 4.93. The first kappa shape index (κ1) is 17.7. The van der Waals surface area contributed by atoms with Crippen LogP contribution in [0.5, 0.6) is 0 Å². The second-order valence-electron chi connectivity index (χ2n) is 6.12. The second-order valence-corrected chi connectivity index (χ2v) is 6.12. The van der Waals surface area contributed by atoms with Gasteiger partial charge in [0.05, 0.1) is 6.42 Å². The van der Waals surface area contributed by atoms with Crippen molar-refractivity contribution < 1.29 is 14.7 Å². The number of nitrogens with one attached hydrogen (secondary N) is 1. The number of hydrogen-bond donors (Lipinski definition) is 2. The summed E-state index contributed by atoms with van der Waals surface area (Å²) in [7, 11) is 3.96. The molecule has 0 fully saturated rings. The summed E-state index contributed by atoms with van der Waals surface area (Å²) in [6.07, 6.45) is -0.0488. The van der Waals surface area contributed by atoms with Crippen LogP contribution in [0.15, 0.2) is 42.5 Å². The average molecular weight is 326 g/mol. The Morgan fingerprint density at radius 2 is 1.75 bits per heavy atom. The van der Waals surface area contributed by atoms with Crippen molar-refractivity contribution in [2.75, 3.05) is 19.4 Å². The molecule has 2 aromatic carbocycles. The highest BCUT2D eigenvalue weighted by Gasteiger charge is 2.11. The number of carbonyl (C=O) groups is 2. The van der Waals surface area contributed by atoms with Crippen LogP contribution in [0, 0.1) is 6.92 Å². The van der Waals surface area contributed by atoms with Gasteiger partial charge in [0, 0.05) is 17.8 Å². The Labute approximate surface area is 141 Å². The topological polar surface area (TPSA) is 69.6 Å². The Bertz CT molecular complexity index is 737. The number of carboxylic acid groups (broad SMARTS) is 1. The first-order valence-corrected chi connectivity index (χ1v) is 7.71. The highest BCUT2D eigenvalue weighted by Crippen LogP contribution is 2.20. The SMILES string of the molecule is Cc1ccc(NC(=O)c2ccc(CC(=O)O)cc2)c(CN(C)C)c1. The average Bonchev–Trinajstić information content (AvgIpc) is 2.49. The third-order valence-electron chi connectivity index (χ3n) is 3.57. The predicted octanol–water partition coefficient (Wildman–Crippen LogP) is 2.94. The van der Waals surface area contributed by atoms with Gasteiger partial charge in [-0.25, -0.2) is 0 Å². The summed E-state index contributed by atoms with van der Waals surface area (Å²) in [4.78, 5) is 25.2. The molecule has 0 radical (unpaired) electrons. The number of carboxylic acids is 1. The maximum Gasteiger partial charge on any atom is 0.307 e. The van der Waals surface area contributed by atoms with E-state index in [1.54, 1.807) is 24.3 Å². The zero-order valence-corrected chi connectivity index (χ0v) is 14.2. The monoisotopic (exact) mass is 326 g/mol. The lowest BCUT2D eigenvalue weighted by molar-refractivity contribution is -0.136. The van der Waals surface area contributed by atoms with Gasteiger partial charge in [-0.2, -0.15) is 0 Å². The van der Waals surface area contributed by atoms with Crippen molar-refractivity contribution in [3.8, 4) is 0 Å². The molecule has 1 amide bonds. The number of aliphatic carboxylic acids is 1. The smallest absolute Gasteiger partial charge is 0.307 e. The van der Waals surface area contributed by atoms with Crippen molar-refractivity contribution >= 4 is 17.6 Å². The van der Waals surface area contributed by atoms with Crippen LogP contribution >= 0.6 is 0 Å². The Hall–Kier alpha value is -2.66. The molecule has 0 bridgehead atoms. The fraction of sp³-hybridized carbons (Fsp3) is 0.263. The van der Waals surface area contributed by atoms with Crippen LogP contribution in [0.25, 0.3) is 0 Å². The normalized spacial score (nSPS) is 10.7. The van der Waals surface area contributed by atoms with Crippen LogP contribution in [0.1, 0.15) is 27.0 Å². The van der Waals surface area contributed by atoms with Gasteiger partial charge in [0.1, 0.15) is 0 Å². The molecule has 0 aliphatic heterocycles. The molecule has 24 heavy (non-hydrogen) atoms. The van der Waals surface area contributed by atoms with E-state index in [1.165, 1.54) is 0 Å². The van der Waals surface area contributed by atoms with Crippen LogP contribution in [-0.4, -0.2) is 36.0 Å². The minimum absolute atomic E-state index is 0.0488. The van der Waals surface area contributed by atoms with Crippen molar-refractivity contribution in [2.24, 2.45) is 0 Å². The quantitative estimate of drug-likeness (QED) is 0.856. The lowest BCUT2D eigenvalue weighted by Crippen LogP contribution is -2.17. The van der Waals surface area contributed by atoms with Gasteiger partial charge in [0.2, 0.25) is 0 Å². The molecule has 0 aliphatic rings. The molecule has 0 saturated carbocycles. The van der Waals surface area contributed by atoms with Crippen LogP contribution in [0.2, 0.25) is 0 Å². The highest BCUT2D eigenvalue weighted by atomic mass is 16.4. The molecule has 0 saturated heterocycles. The number of carbonyl (C=O) groups excluding carboxylic acids is 1. The summed E-state index contributed by atoms with van der Waals surface area (Å²) in [6, 6.07) is 12.6. The Morgan fingerprint density at radius 1 is 1.08 bits per heavy atom. The number of anilines is 1. The number of aryl methyl sites for hydroxylation is 1. The van der Waals surface area contributed by atoms with Gasteiger partial charge in [-0.1, -0.05) is 29.8 Å². The molecule has 0 aromatic heterocycles. The molecular formula is C19H22N2O3. The van der Waals surface area contributed by atoms with Crippen molar-refractivity contribution in [3.05, 3.63) is 64.7 Å². The first-order chi connectivity index (χ1) is 11.3. The fourth-order valence-corrected chi connectivity index (χ4v) is 2.46. The zero-order valence-electron chi connectivity index (χ0n) is 14.2. The van der Waals surface area contributed by atoms with E-state index in [0.29, 0.717) is 11.1 Å². The fourth-order valence-electron chi connectivity index (χ4n) is 2.46. The van der Waals surface area contributed by atoms with Crippen molar-refractivity contribution in [2.45, 2.75) is 19.9 Å². The number of rotatable bonds is 6. The minimum atomic E-state index is -0.889. The lowest BCUT2D eigenvalue weighted by Gasteiger charge is -2.16. The Kier molecular flexibility index (Phi) is 5.71. The summed E-state index contributed by atoms with van der Waals surface area (Å²) >= 11 is 0. The highest BCUT2D eigenvalue weighted by molar-refractivity contribution is 6.04. The van der Waals surface area contributed by atoms with E-state index < -0.39 is 5.97 Å². The van der Waals surface area contributed by atoms with Gasteiger partial charge in [-0.3, -0.25) is 9.59 Å². The third-order valence-corrected chi connectivity index (χ3v) is 3.57. The van der Waals surface area contributed by atoms with E-state index in [9.17, 15) is 9.59 Å². The summed E-state index contributed by atoms with van der Waals surface area (Å²) < 4.78 is 0. The van der Waals surface area contributed by atoms with E-state index in [0.717, 1.165) is 23.4 Å². The van der Waals surface area contributed by atoms with Gasteiger partial charge in [-0.05, 0) is 50.3 Å². The summed E-state index contributed by atoms with van der Waals surface area (Å²) in [5.41, 5.74) is 4.15. The summed E-state index contributed by atoms with van der Waals surface area (Å²) in [5, 5.41) is 11.7. The minimum Gasteiger partial charge on any atom is -0.481 e. The van der Waals surface area contributed by atoms with Crippen LogP contribution in [-0.2, 0) is 17.8 Å². The first-order valence-electron chi connectivity index (χ1n) is 7.71. The number of amides is 1. The molecule has 2 N–H and O–H groups in total. The second kappa shape index (κ2) is 7.75. The van der Waals surface area contributed by atoms with Crippen LogP contribution < -0.4 is 5.32 Å². The largest absolute Gasteiger partial charge is 0.481 e. The van der Waals surface area contributed by atoms with Crippen molar-refractivity contribution in [1.29, 1.82) is 0 Å². The van der Waals surface area contributed by atoms with Gasteiger partial charge >= 0.3 is 5.97 Å². The van der Waals surface area contributed by atoms with Crippen molar-refractivity contribution in [1.82, 2.24) is 4.90 Å². The number of benzene rings is 2. The molecule has 2 aromatic rings. The zero-order chi connectivity index (χ0) is 17.7. The molecule has 0 atom stereocenters. The van der Waals surface area contributed by atoms with Crippen LogP contribution in [0.4, 0.5) is 5.69 Å². The maximum absolute atomic E-state index is 12.4. The molecule has 0 spiro atoms. The van der Waals surface area contributed by atoms with Crippen LogP contribution in [0.3, 0.4) is 0 Å². The van der Waals surface area contributed by atoms with Gasteiger partial charge in [-0.15, -0.1) is 0 Å². The van der Waals surface area contributed by atoms with E-state index in [4.69, 9.17) is 5.11 Å². The van der Waals surface area contributed by atoms with Crippen molar-refractivity contribution in [3.63, 3.8) is 0 Å². The molecule has 0 heterocycles. The van der Waals surface area contributed by atoms with E-state index in [2.05, 4.69) is 11.4 Å². The molecule has 0 aliphatic carbocycles. The van der Waals surface area contributed by atoms with E-state index >= 15 is 0 Å². The molecule has 126 valence electrons. The number of hydrogen-bond acceptors (Lipinski definition) is 3. The molecule has 0 unspecified atom stereocenters. The standard InChI is InChI=1S/C19H22N2O3/c1-13-4-9-17(16(10-13)12-21(2)3)20-19(24)15-7-5-14(6-8-15)11-18(22)23/h4-10H,11-12H2,1-3H3,(H,20,24)(H,22,23). The maximum atomic E-state index is 12.4. The Balaban J connectivity index is 2.16. The molecule has 5 nitrogen and oxygen atoms in total. The van der Waals surface area contributed by atoms with Gasteiger partial charge < -0.3 is 15.3 Å². The molecule has 2 rings (SSSR count). The van der Waals surface area contributed by atoms with Gasteiger partial charge in [0.25, 0.3) is 5.91 Å². The lowest BCUT2D eigenvalue weighted by atomic mass is 10.1.